The molecule has 0 aromatic heterocycles. The van der Waals surface area contributed by atoms with Crippen LogP contribution in [0.15, 0.2) is 29.3 Å². The minimum absolute atomic E-state index is 0.0244. The van der Waals surface area contributed by atoms with Crippen molar-refractivity contribution < 1.29 is 9.59 Å². The molecule has 1 aromatic carbocycles. The third kappa shape index (κ3) is 2.27. The van der Waals surface area contributed by atoms with Crippen molar-refractivity contribution in [3.63, 3.8) is 0 Å². The summed E-state index contributed by atoms with van der Waals surface area (Å²) in [6.45, 7) is 0.984. The van der Waals surface area contributed by atoms with Gasteiger partial charge < -0.3 is 0 Å². The summed E-state index contributed by atoms with van der Waals surface area (Å²) in [6.07, 6.45) is 2.01. The monoisotopic (exact) mass is 217 g/mol. The third-order valence-electron chi connectivity index (χ3n) is 2.37. The van der Waals surface area contributed by atoms with Crippen LogP contribution in [0.2, 0.25) is 0 Å². The van der Waals surface area contributed by atoms with Crippen molar-refractivity contribution in [2.75, 3.05) is 11.6 Å². The van der Waals surface area contributed by atoms with Gasteiger partial charge in [-0.3, -0.25) is 15.2 Å². The molecule has 0 radical (unpaired) electrons. The first-order valence-electron chi connectivity index (χ1n) is 4.99. The lowest BCUT2D eigenvalue weighted by Gasteiger charge is -2.17. The second-order valence-corrected chi connectivity index (χ2v) is 3.51. The Labute approximate surface area is 92.7 Å². The predicted molar refractivity (Wildman–Crippen MR) is 58.4 cm³/mol. The van der Waals surface area contributed by atoms with Crippen LogP contribution in [0.1, 0.15) is 12.0 Å². The molecule has 1 amide bonds. The van der Waals surface area contributed by atoms with Gasteiger partial charge in [-0.1, -0.05) is 12.1 Å². The first kappa shape index (κ1) is 10.4. The van der Waals surface area contributed by atoms with Crippen LogP contribution in [-0.4, -0.2) is 18.5 Å². The van der Waals surface area contributed by atoms with E-state index in [1.807, 2.05) is 24.3 Å². The second-order valence-electron chi connectivity index (χ2n) is 3.51. The van der Waals surface area contributed by atoms with Gasteiger partial charge in [-0.05, 0) is 17.7 Å². The van der Waals surface area contributed by atoms with Gasteiger partial charge >= 0.3 is 0 Å². The van der Waals surface area contributed by atoms with Crippen LogP contribution in [0.3, 0.4) is 0 Å². The lowest BCUT2D eigenvalue weighted by Crippen LogP contribution is -2.32. The summed E-state index contributed by atoms with van der Waals surface area (Å²) in [5, 5.41) is 1.79. The number of carbonyl (C=O) groups is 1. The number of hydrogen-bond donors (Lipinski definition) is 1. The highest BCUT2D eigenvalue weighted by atomic mass is 16.2. The van der Waals surface area contributed by atoms with E-state index in [0.29, 0.717) is 19.5 Å². The van der Waals surface area contributed by atoms with Crippen LogP contribution >= 0.6 is 0 Å². The highest BCUT2D eigenvalue weighted by molar-refractivity contribution is 5.81. The fourth-order valence-electron chi connectivity index (χ4n) is 1.62. The Balaban J connectivity index is 2.15. The molecule has 1 fully saturated rings. The van der Waals surface area contributed by atoms with Gasteiger partial charge in [-0.2, -0.15) is 0 Å². The molecule has 16 heavy (non-hydrogen) atoms. The largest absolute Gasteiger partial charge is 0.285 e. The summed E-state index contributed by atoms with van der Waals surface area (Å²) in [5.41, 5.74) is 4.57. The Kier molecular flexibility index (Phi) is 2.98. The molecule has 0 unspecified atom stereocenters. The van der Waals surface area contributed by atoms with E-state index in [-0.39, 0.29) is 5.91 Å². The quantitative estimate of drug-likeness (QED) is 0.600. The molecule has 0 saturated carbocycles. The molecule has 1 aliphatic heterocycles. The van der Waals surface area contributed by atoms with E-state index in [1.165, 1.54) is 6.08 Å². The number of amides is 1. The van der Waals surface area contributed by atoms with Gasteiger partial charge in [0.25, 0.3) is 0 Å². The van der Waals surface area contributed by atoms with Crippen LogP contribution in [0.4, 0.5) is 5.69 Å². The van der Waals surface area contributed by atoms with Crippen molar-refractivity contribution in [3.8, 4) is 0 Å². The highest BCUT2D eigenvalue weighted by Gasteiger charge is 2.18. The molecule has 1 heterocycles. The zero-order valence-electron chi connectivity index (χ0n) is 8.64. The van der Waals surface area contributed by atoms with E-state index in [0.717, 1.165) is 11.3 Å². The maximum Gasteiger partial charge on any atom is 0.240 e. The zero-order valence-corrected chi connectivity index (χ0v) is 8.64. The van der Waals surface area contributed by atoms with Gasteiger partial charge in [0.05, 0.1) is 12.2 Å². The summed E-state index contributed by atoms with van der Waals surface area (Å²) in [7, 11) is 0. The van der Waals surface area contributed by atoms with E-state index >= 15 is 0 Å². The number of carbonyl (C=O) groups excluding carboxylic acids is 2. The lowest BCUT2D eigenvalue weighted by atomic mass is 10.2. The Bertz CT molecular complexity index is 452. The minimum Gasteiger partial charge on any atom is -0.285 e. The number of hydrogen-bond acceptors (Lipinski definition) is 4. The number of anilines is 1. The predicted octanol–water partition coefficient (Wildman–Crippen LogP) is 0.764. The van der Waals surface area contributed by atoms with Gasteiger partial charge in [0.2, 0.25) is 12.0 Å². The minimum atomic E-state index is 0.0244. The number of isocyanates is 1. The summed E-state index contributed by atoms with van der Waals surface area (Å²) in [5.74, 6) is 0.0244. The molecule has 0 aliphatic carbocycles. The molecule has 0 atom stereocenters. The summed E-state index contributed by atoms with van der Waals surface area (Å²) < 4.78 is 0. The van der Waals surface area contributed by atoms with E-state index in [4.69, 9.17) is 0 Å². The molecule has 5 nitrogen and oxygen atoms in total. The molecule has 1 saturated heterocycles. The number of nitrogens with zero attached hydrogens (tertiary/aromatic N) is 2. The van der Waals surface area contributed by atoms with Gasteiger partial charge in [-0.25, -0.2) is 9.79 Å². The normalized spacial score (nSPS) is 14.5. The van der Waals surface area contributed by atoms with Crippen LogP contribution < -0.4 is 10.4 Å². The molecule has 0 bridgehead atoms. The third-order valence-corrected chi connectivity index (χ3v) is 2.37. The van der Waals surface area contributed by atoms with Gasteiger partial charge in [0.15, 0.2) is 0 Å². The Morgan fingerprint density at radius 1 is 1.50 bits per heavy atom. The lowest BCUT2D eigenvalue weighted by molar-refractivity contribution is -0.119. The summed E-state index contributed by atoms with van der Waals surface area (Å²) >= 11 is 0. The number of rotatable bonds is 3. The van der Waals surface area contributed by atoms with Crippen molar-refractivity contribution in [1.29, 1.82) is 0 Å². The topological polar surface area (TPSA) is 61.8 Å². The number of aliphatic imine (C=N–C) groups is 1. The van der Waals surface area contributed by atoms with Crippen LogP contribution in [-0.2, 0) is 16.1 Å². The van der Waals surface area contributed by atoms with Crippen LogP contribution in [0.25, 0.3) is 0 Å². The molecule has 1 aromatic rings. The zero-order chi connectivity index (χ0) is 11.4. The smallest absolute Gasteiger partial charge is 0.240 e. The molecule has 0 spiro atoms. The Morgan fingerprint density at radius 3 is 3.06 bits per heavy atom. The molecule has 5 heteroatoms. The van der Waals surface area contributed by atoms with Crippen molar-refractivity contribution in [3.05, 3.63) is 29.8 Å². The molecule has 1 aliphatic rings. The van der Waals surface area contributed by atoms with E-state index < -0.39 is 0 Å². The van der Waals surface area contributed by atoms with Crippen molar-refractivity contribution in [2.24, 2.45) is 4.99 Å². The van der Waals surface area contributed by atoms with Crippen molar-refractivity contribution in [1.82, 2.24) is 5.43 Å². The molecule has 2 rings (SSSR count). The number of hydrazine groups is 1. The maximum atomic E-state index is 11.1. The SMILES string of the molecule is O=C=NCc1cccc(N2CCC(=O)N2)c1. The number of benzene rings is 1. The van der Waals surface area contributed by atoms with Crippen LogP contribution in [0, 0.1) is 0 Å². The van der Waals surface area contributed by atoms with Gasteiger partial charge in [0.1, 0.15) is 0 Å². The average Bonchev–Trinajstić information content (AvgIpc) is 2.74. The standard InChI is InChI=1S/C11H11N3O2/c15-8-12-7-9-2-1-3-10(6-9)14-5-4-11(16)13-14/h1-3,6H,4-5,7H2,(H,13,16). The fourth-order valence-corrected chi connectivity index (χ4v) is 1.62. The highest BCUT2D eigenvalue weighted by Crippen LogP contribution is 2.17. The van der Waals surface area contributed by atoms with Gasteiger partial charge in [-0.15, -0.1) is 0 Å². The molecular formula is C11H11N3O2. The van der Waals surface area contributed by atoms with E-state index in [2.05, 4.69) is 10.4 Å². The van der Waals surface area contributed by atoms with E-state index in [1.54, 1.807) is 5.01 Å². The Hall–Kier alpha value is -2.13. The van der Waals surface area contributed by atoms with E-state index in [9.17, 15) is 9.59 Å². The fraction of sp³-hybridized carbons (Fsp3) is 0.273. The summed E-state index contributed by atoms with van der Waals surface area (Å²) in [6, 6.07) is 7.55. The first-order valence-corrected chi connectivity index (χ1v) is 4.99. The maximum absolute atomic E-state index is 11.1. The molecular weight excluding hydrogens is 206 g/mol. The van der Waals surface area contributed by atoms with Crippen molar-refractivity contribution >= 4 is 17.7 Å². The number of nitrogens with one attached hydrogen (secondary N) is 1. The second kappa shape index (κ2) is 4.59. The first-order chi connectivity index (χ1) is 7.79. The molecule has 1 N–H and O–H groups in total. The Morgan fingerprint density at radius 2 is 2.38 bits per heavy atom. The molecule has 82 valence electrons. The van der Waals surface area contributed by atoms with Crippen molar-refractivity contribution in [2.45, 2.75) is 13.0 Å². The average molecular weight is 217 g/mol. The summed E-state index contributed by atoms with van der Waals surface area (Å²) in [4.78, 5) is 24.6. The van der Waals surface area contributed by atoms with Crippen LogP contribution in [0.5, 0.6) is 0 Å². The van der Waals surface area contributed by atoms with Gasteiger partial charge in [0, 0.05) is 13.0 Å².